The van der Waals surface area contributed by atoms with Crippen molar-refractivity contribution in [1.82, 2.24) is 5.32 Å². The fourth-order valence-corrected chi connectivity index (χ4v) is 5.96. The van der Waals surface area contributed by atoms with E-state index in [1.165, 1.54) is 4.90 Å². The van der Waals surface area contributed by atoms with Crippen LogP contribution in [0.1, 0.15) is 51.4 Å². The third-order valence-corrected chi connectivity index (χ3v) is 7.17. The summed E-state index contributed by atoms with van der Waals surface area (Å²) >= 11 is 0. The molecule has 2 atom stereocenters. The lowest BCUT2D eigenvalue weighted by Crippen LogP contribution is -2.41. The van der Waals surface area contributed by atoms with E-state index in [4.69, 9.17) is 0 Å². The Kier molecular flexibility index (Phi) is 4.09. The fraction of sp³-hybridized carbons (Fsp3) is 0.222. The van der Waals surface area contributed by atoms with Crippen molar-refractivity contribution in [1.29, 1.82) is 0 Å². The van der Waals surface area contributed by atoms with E-state index in [1.807, 2.05) is 31.2 Å². The first-order valence-electron chi connectivity index (χ1n) is 11.1. The summed E-state index contributed by atoms with van der Waals surface area (Å²) in [5.74, 6) is -1.51. The number of rotatable bonds is 3. The molecule has 1 saturated heterocycles. The zero-order chi connectivity index (χ0) is 22.0. The van der Waals surface area contributed by atoms with E-state index in [0.717, 1.165) is 22.3 Å². The number of carbonyl (C=O) groups excluding carboxylic acids is 3. The summed E-state index contributed by atoms with van der Waals surface area (Å²) in [6, 6.07) is 23.2. The minimum Gasteiger partial charge on any atom is -0.352 e. The molecule has 3 amide bonds. The third-order valence-electron chi connectivity index (χ3n) is 7.17. The monoisotopic (exact) mass is 422 g/mol. The lowest BCUT2D eigenvalue weighted by molar-refractivity contribution is -0.122. The van der Waals surface area contributed by atoms with Crippen LogP contribution in [0.4, 0.5) is 5.69 Å². The van der Waals surface area contributed by atoms with Gasteiger partial charge in [0.05, 0.1) is 17.5 Å². The number of anilines is 1. The van der Waals surface area contributed by atoms with E-state index in [-0.39, 0.29) is 29.6 Å². The van der Waals surface area contributed by atoms with Crippen molar-refractivity contribution in [3.8, 4) is 0 Å². The van der Waals surface area contributed by atoms with Gasteiger partial charge in [-0.3, -0.25) is 14.4 Å². The molecule has 5 nitrogen and oxygen atoms in total. The van der Waals surface area contributed by atoms with Gasteiger partial charge in [0, 0.05) is 23.9 Å². The Morgan fingerprint density at radius 2 is 1.19 bits per heavy atom. The van der Waals surface area contributed by atoms with Gasteiger partial charge in [-0.1, -0.05) is 48.5 Å². The van der Waals surface area contributed by atoms with E-state index >= 15 is 0 Å². The van der Waals surface area contributed by atoms with Gasteiger partial charge in [-0.15, -0.1) is 0 Å². The number of benzene rings is 3. The van der Waals surface area contributed by atoms with Gasteiger partial charge in [-0.25, -0.2) is 4.90 Å². The van der Waals surface area contributed by atoms with Crippen molar-refractivity contribution in [2.24, 2.45) is 11.8 Å². The maximum Gasteiger partial charge on any atom is 0.251 e. The molecule has 5 heteroatoms. The van der Waals surface area contributed by atoms with Gasteiger partial charge in [0.15, 0.2) is 0 Å². The minimum atomic E-state index is -0.402. The molecule has 0 radical (unpaired) electrons. The Bertz CT molecular complexity index is 1160. The van der Waals surface area contributed by atoms with E-state index in [2.05, 4.69) is 29.6 Å². The number of hydrogen-bond donors (Lipinski definition) is 1. The molecule has 158 valence electrons. The van der Waals surface area contributed by atoms with E-state index in [0.29, 0.717) is 17.8 Å². The van der Waals surface area contributed by atoms with Gasteiger partial charge in [0.1, 0.15) is 0 Å². The standard InChI is InChI=1S/C27H22N2O3/c1-2-28-25(30)15-11-13-16(14-12-15)29-26(31)23-21-17-7-3-4-8-18(17)22(24(23)27(29)32)20-10-6-5-9-19(20)21/h3-14,21-24H,2H2,1H3,(H,28,30). The van der Waals surface area contributed by atoms with E-state index < -0.39 is 11.8 Å². The molecule has 1 aliphatic heterocycles. The van der Waals surface area contributed by atoms with Gasteiger partial charge < -0.3 is 5.32 Å². The van der Waals surface area contributed by atoms with Crippen molar-refractivity contribution in [2.75, 3.05) is 11.4 Å². The Labute approximate surface area is 186 Å². The van der Waals surface area contributed by atoms with Crippen LogP contribution in [0.25, 0.3) is 0 Å². The number of amides is 3. The molecule has 1 heterocycles. The molecule has 0 spiro atoms. The summed E-state index contributed by atoms with van der Waals surface area (Å²) in [7, 11) is 0. The molecule has 4 aliphatic rings. The lowest BCUT2D eigenvalue weighted by atomic mass is 9.55. The molecule has 3 aromatic carbocycles. The Morgan fingerprint density at radius 3 is 1.59 bits per heavy atom. The van der Waals surface area contributed by atoms with Gasteiger partial charge >= 0.3 is 0 Å². The van der Waals surface area contributed by atoms with Crippen LogP contribution in [0, 0.1) is 11.8 Å². The molecule has 1 N–H and O–H groups in total. The maximum absolute atomic E-state index is 13.7. The van der Waals surface area contributed by atoms with Crippen LogP contribution < -0.4 is 10.2 Å². The summed E-state index contributed by atoms with van der Waals surface area (Å²) in [5, 5.41) is 2.76. The summed E-state index contributed by atoms with van der Waals surface area (Å²) in [5.41, 5.74) is 5.67. The molecule has 2 bridgehead atoms. The first kappa shape index (κ1) is 19.0. The number of carbonyl (C=O) groups is 3. The predicted octanol–water partition coefficient (Wildman–Crippen LogP) is 3.83. The van der Waals surface area contributed by atoms with Crippen molar-refractivity contribution >= 4 is 23.4 Å². The van der Waals surface area contributed by atoms with Gasteiger partial charge in [0.25, 0.3) is 5.91 Å². The molecular weight excluding hydrogens is 400 g/mol. The highest BCUT2D eigenvalue weighted by Crippen LogP contribution is 2.61. The van der Waals surface area contributed by atoms with Crippen molar-refractivity contribution < 1.29 is 14.4 Å². The number of hydrogen-bond acceptors (Lipinski definition) is 3. The number of nitrogens with zero attached hydrogens (tertiary/aromatic N) is 1. The molecular formula is C27H22N2O3. The molecule has 2 unspecified atom stereocenters. The van der Waals surface area contributed by atoms with Gasteiger partial charge in [0.2, 0.25) is 11.8 Å². The molecule has 1 fully saturated rings. The van der Waals surface area contributed by atoms with Crippen LogP contribution >= 0.6 is 0 Å². The average molecular weight is 422 g/mol. The van der Waals surface area contributed by atoms with Crippen molar-refractivity contribution in [3.63, 3.8) is 0 Å². The van der Waals surface area contributed by atoms with Crippen LogP contribution in [-0.4, -0.2) is 24.3 Å². The zero-order valence-electron chi connectivity index (χ0n) is 17.6. The van der Waals surface area contributed by atoms with Crippen molar-refractivity contribution in [3.05, 3.63) is 101 Å². The largest absolute Gasteiger partial charge is 0.352 e. The van der Waals surface area contributed by atoms with Crippen LogP contribution in [-0.2, 0) is 9.59 Å². The van der Waals surface area contributed by atoms with Crippen molar-refractivity contribution in [2.45, 2.75) is 18.8 Å². The highest BCUT2D eigenvalue weighted by atomic mass is 16.2. The average Bonchev–Trinajstić information content (AvgIpc) is 3.10. The van der Waals surface area contributed by atoms with Crippen LogP contribution in [0.2, 0.25) is 0 Å². The number of imide groups is 1. The van der Waals surface area contributed by atoms with Gasteiger partial charge in [-0.05, 0) is 53.4 Å². The van der Waals surface area contributed by atoms with Crippen LogP contribution in [0.3, 0.4) is 0 Å². The quantitative estimate of drug-likeness (QED) is 0.653. The predicted molar refractivity (Wildman–Crippen MR) is 120 cm³/mol. The molecule has 0 aromatic heterocycles. The fourth-order valence-electron chi connectivity index (χ4n) is 5.96. The highest BCUT2D eigenvalue weighted by Gasteiger charge is 2.61. The minimum absolute atomic E-state index is 0.117. The summed E-state index contributed by atoms with van der Waals surface area (Å²) < 4.78 is 0. The molecule has 32 heavy (non-hydrogen) atoms. The first-order valence-corrected chi connectivity index (χ1v) is 11.1. The Hall–Kier alpha value is -3.73. The summed E-state index contributed by atoms with van der Waals surface area (Å²) in [6.07, 6.45) is 0. The first-order chi connectivity index (χ1) is 15.6. The smallest absolute Gasteiger partial charge is 0.251 e. The second kappa shape index (κ2) is 6.89. The zero-order valence-corrected chi connectivity index (χ0v) is 17.6. The van der Waals surface area contributed by atoms with E-state index in [1.54, 1.807) is 24.3 Å². The Morgan fingerprint density at radius 1 is 0.750 bits per heavy atom. The molecule has 7 rings (SSSR count). The summed E-state index contributed by atoms with van der Waals surface area (Å²) in [6.45, 7) is 2.40. The third kappa shape index (κ3) is 2.42. The van der Waals surface area contributed by atoms with Crippen LogP contribution in [0.15, 0.2) is 72.8 Å². The topological polar surface area (TPSA) is 66.5 Å². The van der Waals surface area contributed by atoms with E-state index in [9.17, 15) is 14.4 Å². The number of nitrogens with one attached hydrogen (secondary N) is 1. The normalized spacial score (nSPS) is 24.7. The molecule has 3 aromatic rings. The van der Waals surface area contributed by atoms with Gasteiger partial charge in [-0.2, -0.15) is 0 Å². The second-order valence-electron chi connectivity index (χ2n) is 8.68. The second-order valence-corrected chi connectivity index (χ2v) is 8.68. The summed E-state index contributed by atoms with van der Waals surface area (Å²) in [4.78, 5) is 40.9. The van der Waals surface area contributed by atoms with Crippen LogP contribution in [0.5, 0.6) is 0 Å². The Balaban J connectivity index is 1.44. The highest BCUT2D eigenvalue weighted by molar-refractivity contribution is 6.23. The lowest BCUT2D eigenvalue weighted by Gasteiger charge is -2.45. The maximum atomic E-state index is 13.7. The molecule has 0 saturated carbocycles. The molecule has 3 aliphatic carbocycles. The SMILES string of the molecule is CCNC(=O)c1ccc(N2C(=O)C3C4c5ccccc5C(c5ccccc54)C3C2=O)cc1.